The summed E-state index contributed by atoms with van der Waals surface area (Å²) in [5.74, 6) is -0.00765. The number of methoxy groups -OCH3 is 1. The van der Waals surface area contributed by atoms with Crippen molar-refractivity contribution in [1.29, 1.82) is 0 Å². The van der Waals surface area contributed by atoms with Crippen molar-refractivity contribution in [2.45, 2.75) is 19.9 Å². The summed E-state index contributed by atoms with van der Waals surface area (Å²) < 4.78 is 23.7. The van der Waals surface area contributed by atoms with Gasteiger partial charge in [-0.2, -0.15) is 0 Å². The minimum Gasteiger partial charge on any atom is -0.489 e. The second-order valence-corrected chi connectivity index (χ2v) is 4.09. The molecule has 0 heterocycles. The van der Waals surface area contributed by atoms with E-state index in [9.17, 15) is 4.39 Å². The minimum atomic E-state index is -0.319. The van der Waals surface area contributed by atoms with Gasteiger partial charge in [0.2, 0.25) is 0 Å². The molecule has 0 saturated heterocycles. The van der Waals surface area contributed by atoms with E-state index in [1.165, 1.54) is 6.07 Å². The predicted molar refractivity (Wildman–Crippen MR) is 66.0 cm³/mol. The highest BCUT2D eigenvalue weighted by Gasteiger charge is 2.04. The Balaban J connectivity index is 2.28. The van der Waals surface area contributed by atoms with Crippen LogP contribution in [0.2, 0.25) is 0 Å². The molecule has 4 heteroatoms. The second kappa shape index (κ2) is 7.25. The molecule has 0 aromatic heterocycles. The third-order valence-electron chi connectivity index (χ3n) is 2.36. The van der Waals surface area contributed by atoms with E-state index in [0.29, 0.717) is 25.5 Å². The molecule has 1 unspecified atom stereocenters. The van der Waals surface area contributed by atoms with Crippen molar-refractivity contribution in [3.05, 3.63) is 29.6 Å². The fourth-order valence-electron chi connectivity index (χ4n) is 1.50. The molecule has 0 bridgehead atoms. The van der Waals surface area contributed by atoms with E-state index in [-0.39, 0.29) is 11.9 Å². The van der Waals surface area contributed by atoms with Gasteiger partial charge in [0.1, 0.15) is 6.61 Å². The molecule has 1 aromatic carbocycles. The Hall–Kier alpha value is -1.13. The zero-order valence-electron chi connectivity index (χ0n) is 10.6. The van der Waals surface area contributed by atoms with Gasteiger partial charge in [0, 0.05) is 19.7 Å². The van der Waals surface area contributed by atoms with Crippen molar-refractivity contribution in [3.8, 4) is 5.75 Å². The molecule has 0 aliphatic carbocycles. The summed E-state index contributed by atoms with van der Waals surface area (Å²) in [6.45, 7) is 5.69. The Morgan fingerprint density at radius 2 is 2.18 bits per heavy atom. The number of aryl methyl sites for hydroxylation is 1. The van der Waals surface area contributed by atoms with Crippen LogP contribution in [0.1, 0.15) is 12.5 Å². The molecule has 0 saturated carbocycles. The predicted octanol–water partition coefficient (Wildman–Crippen LogP) is 2.14. The molecule has 3 nitrogen and oxygen atoms in total. The number of ether oxygens (including phenoxy) is 2. The maximum absolute atomic E-state index is 13.3. The van der Waals surface area contributed by atoms with E-state index in [1.807, 2.05) is 13.8 Å². The van der Waals surface area contributed by atoms with Gasteiger partial charge in [-0.1, -0.05) is 6.07 Å². The number of halogens is 1. The van der Waals surface area contributed by atoms with E-state index in [4.69, 9.17) is 9.47 Å². The SMILES string of the molecule is COCC(C)NCCOc1cc(C)ccc1F. The Bertz CT molecular complexity index is 344. The van der Waals surface area contributed by atoms with Crippen molar-refractivity contribution in [3.63, 3.8) is 0 Å². The van der Waals surface area contributed by atoms with Gasteiger partial charge in [-0.15, -0.1) is 0 Å². The monoisotopic (exact) mass is 241 g/mol. The number of nitrogens with one attached hydrogen (secondary N) is 1. The van der Waals surface area contributed by atoms with Crippen LogP contribution in [0, 0.1) is 12.7 Å². The smallest absolute Gasteiger partial charge is 0.165 e. The van der Waals surface area contributed by atoms with Gasteiger partial charge in [-0.05, 0) is 31.5 Å². The number of hydrogen-bond acceptors (Lipinski definition) is 3. The van der Waals surface area contributed by atoms with E-state index in [0.717, 1.165) is 5.56 Å². The summed E-state index contributed by atoms with van der Waals surface area (Å²) in [6.07, 6.45) is 0. The van der Waals surface area contributed by atoms with Crippen molar-refractivity contribution in [2.24, 2.45) is 0 Å². The molecule has 0 radical (unpaired) electrons. The first-order chi connectivity index (χ1) is 8.13. The molecule has 1 rings (SSSR count). The van der Waals surface area contributed by atoms with Crippen LogP contribution in [0.5, 0.6) is 5.75 Å². The summed E-state index contributed by atoms with van der Waals surface area (Å²) in [5, 5.41) is 3.22. The van der Waals surface area contributed by atoms with E-state index in [2.05, 4.69) is 5.32 Å². The molecule has 0 amide bonds. The van der Waals surface area contributed by atoms with Crippen molar-refractivity contribution < 1.29 is 13.9 Å². The van der Waals surface area contributed by atoms with Gasteiger partial charge in [0.15, 0.2) is 11.6 Å². The topological polar surface area (TPSA) is 30.5 Å². The van der Waals surface area contributed by atoms with Gasteiger partial charge >= 0.3 is 0 Å². The average molecular weight is 241 g/mol. The molecule has 0 spiro atoms. The summed E-state index contributed by atoms with van der Waals surface area (Å²) in [6, 6.07) is 5.12. The lowest BCUT2D eigenvalue weighted by atomic mass is 10.2. The molecule has 1 atom stereocenters. The van der Waals surface area contributed by atoms with Gasteiger partial charge in [0.25, 0.3) is 0 Å². The largest absolute Gasteiger partial charge is 0.489 e. The fourth-order valence-corrected chi connectivity index (χ4v) is 1.50. The molecular weight excluding hydrogens is 221 g/mol. The number of benzene rings is 1. The van der Waals surface area contributed by atoms with Gasteiger partial charge in [0.05, 0.1) is 6.61 Å². The molecule has 17 heavy (non-hydrogen) atoms. The normalized spacial score (nSPS) is 12.5. The van der Waals surface area contributed by atoms with Crippen LogP contribution < -0.4 is 10.1 Å². The highest BCUT2D eigenvalue weighted by atomic mass is 19.1. The first kappa shape index (κ1) is 13.9. The van der Waals surface area contributed by atoms with E-state index >= 15 is 0 Å². The average Bonchev–Trinajstić information content (AvgIpc) is 2.29. The Morgan fingerprint density at radius 3 is 2.88 bits per heavy atom. The number of rotatable bonds is 7. The molecule has 1 aromatic rings. The molecule has 96 valence electrons. The maximum atomic E-state index is 13.3. The molecule has 0 fully saturated rings. The molecule has 0 aliphatic rings. The molecule has 1 N–H and O–H groups in total. The third kappa shape index (κ3) is 5.15. The zero-order chi connectivity index (χ0) is 12.7. The quantitative estimate of drug-likeness (QED) is 0.742. The van der Waals surface area contributed by atoms with Gasteiger partial charge < -0.3 is 14.8 Å². The molecule has 0 aliphatic heterocycles. The zero-order valence-corrected chi connectivity index (χ0v) is 10.6. The van der Waals surface area contributed by atoms with Crippen LogP contribution >= 0.6 is 0 Å². The first-order valence-electron chi connectivity index (χ1n) is 5.74. The minimum absolute atomic E-state index is 0.269. The van der Waals surface area contributed by atoms with Gasteiger partial charge in [-0.25, -0.2) is 4.39 Å². The second-order valence-electron chi connectivity index (χ2n) is 4.09. The van der Waals surface area contributed by atoms with Crippen LogP contribution in [0.25, 0.3) is 0 Å². The highest BCUT2D eigenvalue weighted by Crippen LogP contribution is 2.17. The van der Waals surface area contributed by atoms with Crippen LogP contribution in [0.15, 0.2) is 18.2 Å². The van der Waals surface area contributed by atoms with Gasteiger partial charge in [-0.3, -0.25) is 0 Å². The lowest BCUT2D eigenvalue weighted by Gasteiger charge is -2.13. The van der Waals surface area contributed by atoms with E-state index in [1.54, 1.807) is 19.2 Å². The summed E-state index contributed by atoms with van der Waals surface area (Å²) in [5.41, 5.74) is 0.988. The first-order valence-corrected chi connectivity index (χ1v) is 5.74. The van der Waals surface area contributed by atoms with Crippen molar-refractivity contribution in [2.75, 3.05) is 26.9 Å². The third-order valence-corrected chi connectivity index (χ3v) is 2.36. The maximum Gasteiger partial charge on any atom is 0.165 e. The van der Waals surface area contributed by atoms with Crippen LogP contribution in [0.3, 0.4) is 0 Å². The van der Waals surface area contributed by atoms with Crippen LogP contribution in [-0.4, -0.2) is 32.9 Å². The number of hydrogen-bond donors (Lipinski definition) is 1. The fraction of sp³-hybridized carbons (Fsp3) is 0.538. The highest BCUT2D eigenvalue weighted by molar-refractivity contribution is 5.29. The van der Waals surface area contributed by atoms with Crippen LogP contribution in [-0.2, 0) is 4.74 Å². The Labute approximate surface area is 102 Å². The summed E-state index contributed by atoms with van der Waals surface area (Å²) >= 11 is 0. The summed E-state index contributed by atoms with van der Waals surface area (Å²) in [7, 11) is 1.66. The molecular formula is C13H20FNO2. The Morgan fingerprint density at radius 1 is 1.41 bits per heavy atom. The van der Waals surface area contributed by atoms with Crippen LogP contribution in [0.4, 0.5) is 4.39 Å². The summed E-state index contributed by atoms with van der Waals surface area (Å²) in [4.78, 5) is 0. The lowest BCUT2D eigenvalue weighted by molar-refractivity contribution is 0.168. The standard InChI is InChI=1S/C13H20FNO2/c1-10-4-5-12(14)13(8-10)17-7-6-15-11(2)9-16-3/h4-5,8,11,15H,6-7,9H2,1-3H3. The van der Waals surface area contributed by atoms with Crippen molar-refractivity contribution >= 4 is 0 Å². The Kier molecular flexibility index (Phi) is 5.94. The van der Waals surface area contributed by atoms with E-state index < -0.39 is 0 Å². The lowest BCUT2D eigenvalue weighted by Crippen LogP contribution is -2.33. The van der Waals surface area contributed by atoms with Crippen molar-refractivity contribution in [1.82, 2.24) is 5.32 Å².